The number of esters is 1. The van der Waals surface area contributed by atoms with Crippen molar-refractivity contribution < 1.29 is 23.5 Å². The molecule has 0 aliphatic heterocycles. The van der Waals surface area contributed by atoms with E-state index < -0.39 is 24.3 Å². The van der Waals surface area contributed by atoms with Crippen molar-refractivity contribution in [3.05, 3.63) is 57.8 Å². The van der Waals surface area contributed by atoms with Gasteiger partial charge in [-0.1, -0.05) is 33.6 Å². The molecule has 1 amide bonds. The van der Waals surface area contributed by atoms with Gasteiger partial charge in [-0.25, -0.2) is 9.18 Å². The minimum Gasteiger partial charge on any atom is -0.482 e. The van der Waals surface area contributed by atoms with E-state index in [0.29, 0.717) is 10.2 Å². The third kappa shape index (κ3) is 5.86. The lowest BCUT2D eigenvalue weighted by Gasteiger charge is -2.10. The number of hydrogen-bond acceptors (Lipinski definition) is 4. The number of anilines is 1. The van der Waals surface area contributed by atoms with E-state index in [1.54, 1.807) is 12.1 Å². The summed E-state index contributed by atoms with van der Waals surface area (Å²) in [7, 11) is 0. The normalized spacial score (nSPS) is 10.2. The molecule has 0 fully saturated rings. The molecular formula is C18H17BrFNO4. The zero-order valence-corrected chi connectivity index (χ0v) is 15.4. The standard InChI is InChI=1S/C18H17BrFNO4/c1-11-3-6-16(12(2)7-11)24-10-18(23)25-9-17(22)21-15-5-4-13(19)8-14(15)20/h3-8H,9-10H2,1-2H3,(H,21,22). The fourth-order valence-electron chi connectivity index (χ4n) is 2.06. The molecule has 0 bridgehead atoms. The van der Waals surface area contributed by atoms with E-state index in [-0.39, 0.29) is 12.3 Å². The predicted molar refractivity (Wildman–Crippen MR) is 95.1 cm³/mol. The number of rotatable bonds is 6. The molecule has 0 aliphatic rings. The van der Waals surface area contributed by atoms with E-state index >= 15 is 0 Å². The number of carbonyl (C=O) groups is 2. The van der Waals surface area contributed by atoms with Gasteiger partial charge >= 0.3 is 5.97 Å². The van der Waals surface area contributed by atoms with Crippen LogP contribution in [0.2, 0.25) is 0 Å². The summed E-state index contributed by atoms with van der Waals surface area (Å²) in [5.41, 5.74) is 2.00. The van der Waals surface area contributed by atoms with Gasteiger partial charge < -0.3 is 14.8 Å². The average molecular weight is 410 g/mol. The molecule has 0 spiro atoms. The highest BCUT2D eigenvalue weighted by Gasteiger charge is 2.11. The molecule has 132 valence electrons. The van der Waals surface area contributed by atoms with Crippen molar-refractivity contribution in [2.45, 2.75) is 13.8 Å². The van der Waals surface area contributed by atoms with Crippen LogP contribution in [0.4, 0.5) is 10.1 Å². The van der Waals surface area contributed by atoms with Gasteiger partial charge in [-0.15, -0.1) is 0 Å². The van der Waals surface area contributed by atoms with Crippen molar-refractivity contribution in [1.82, 2.24) is 0 Å². The molecule has 2 aromatic rings. The Labute approximate surface area is 153 Å². The van der Waals surface area contributed by atoms with Crippen LogP contribution in [-0.4, -0.2) is 25.1 Å². The largest absolute Gasteiger partial charge is 0.482 e. The summed E-state index contributed by atoms with van der Waals surface area (Å²) >= 11 is 3.12. The first-order valence-electron chi connectivity index (χ1n) is 7.45. The molecule has 0 aliphatic carbocycles. The lowest BCUT2D eigenvalue weighted by molar-refractivity contribution is -0.149. The summed E-state index contributed by atoms with van der Waals surface area (Å²) in [5, 5.41) is 2.33. The van der Waals surface area contributed by atoms with Crippen LogP contribution >= 0.6 is 15.9 Å². The fraction of sp³-hybridized carbons (Fsp3) is 0.222. The van der Waals surface area contributed by atoms with Crippen molar-refractivity contribution in [3.8, 4) is 5.75 Å². The summed E-state index contributed by atoms with van der Waals surface area (Å²) < 4.78 is 24.3. The maximum atomic E-state index is 13.6. The smallest absolute Gasteiger partial charge is 0.344 e. The second-order valence-corrected chi connectivity index (χ2v) is 6.31. The Balaban J connectivity index is 1.78. The lowest BCUT2D eigenvalue weighted by atomic mass is 10.1. The molecule has 0 unspecified atom stereocenters. The first-order chi connectivity index (χ1) is 11.8. The molecule has 7 heteroatoms. The molecule has 0 radical (unpaired) electrons. The number of aryl methyl sites for hydroxylation is 2. The number of ether oxygens (including phenoxy) is 2. The zero-order valence-electron chi connectivity index (χ0n) is 13.8. The van der Waals surface area contributed by atoms with Crippen LogP contribution in [0.15, 0.2) is 40.9 Å². The Morgan fingerprint density at radius 3 is 2.56 bits per heavy atom. The number of benzene rings is 2. The first-order valence-corrected chi connectivity index (χ1v) is 8.25. The number of carbonyl (C=O) groups excluding carboxylic acids is 2. The van der Waals surface area contributed by atoms with Crippen LogP contribution in [0.3, 0.4) is 0 Å². The minimum atomic E-state index is -0.689. The van der Waals surface area contributed by atoms with E-state index in [0.717, 1.165) is 11.1 Å². The second-order valence-electron chi connectivity index (χ2n) is 5.39. The monoisotopic (exact) mass is 409 g/mol. The van der Waals surface area contributed by atoms with Crippen LogP contribution < -0.4 is 10.1 Å². The SMILES string of the molecule is Cc1ccc(OCC(=O)OCC(=O)Nc2ccc(Br)cc2F)c(C)c1. The van der Waals surface area contributed by atoms with Crippen LogP contribution in [0.25, 0.3) is 0 Å². The molecular weight excluding hydrogens is 393 g/mol. The van der Waals surface area contributed by atoms with E-state index in [4.69, 9.17) is 9.47 Å². The Kier molecular flexibility index (Phi) is 6.52. The summed E-state index contributed by atoms with van der Waals surface area (Å²) in [6.07, 6.45) is 0. The molecule has 0 saturated heterocycles. The van der Waals surface area contributed by atoms with Crippen LogP contribution in [0, 0.1) is 19.7 Å². The third-order valence-corrected chi connectivity index (χ3v) is 3.74. The second kappa shape index (κ2) is 8.62. The highest BCUT2D eigenvalue weighted by Crippen LogP contribution is 2.20. The van der Waals surface area contributed by atoms with Crippen molar-refractivity contribution in [2.24, 2.45) is 0 Å². The Bertz CT molecular complexity index is 795. The van der Waals surface area contributed by atoms with E-state index in [9.17, 15) is 14.0 Å². The van der Waals surface area contributed by atoms with Gasteiger partial charge in [-0.2, -0.15) is 0 Å². The number of halogens is 2. The summed E-state index contributed by atoms with van der Waals surface area (Å²) in [4.78, 5) is 23.4. The molecule has 5 nitrogen and oxygen atoms in total. The zero-order chi connectivity index (χ0) is 18.4. The summed E-state index contributed by atoms with van der Waals surface area (Å²) in [6, 6.07) is 9.78. The van der Waals surface area contributed by atoms with Gasteiger partial charge in [0, 0.05) is 4.47 Å². The lowest BCUT2D eigenvalue weighted by Crippen LogP contribution is -2.24. The van der Waals surface area contributed by atoms with Crippen LogP contribution in [0.1, 0.15) is 11.1 Å². The van der Waals surface area contributed by atoms with Gasteiger partial charge in [0.25, 0.3) is 5.91 Å². The molecule has 0 aromatic heterocycles. The van der Waals surface area contributed by atoms with Crippen LogP contribution in [0.5, 0.6) is 5.75 Å². The Morgan fingerprint density at radius 1 is 1.12 bits per heavy atom. The molecule has 2 rings (SSSR count). The maximum absolute atomic E-state index is 13.6. The molecule has 0 saturated carbocycles. The van der Waals surface area contributed by atoms with Gasteiger partial charge in [0.2, 0.25) is 0 Å². The van der Waals surface area contributed by atoms with Crippen molar-refractivity contribution >= 4 is 33.5 Å². The van der Waals surface area contributed by atoms with Crippen molar-refractivity contribution in [2.75, 3.05) is 18.5 Å². The molecule has 1 N–H and O–H groups in total. The van der Waals surface area contributed by atoms with Gasteiger partial charge in [-0.3, -0.25) is 4.79 Å². The molecule has 25 heavy (non-hydrogen) atoms. The highest BCUT2D eigenvalue weighted by molar-refractivity contribution is 9.10. The Hall–Kier alpha value is -2.41. The fourth-order valence-corrected chi connectivity index (χ4v) is 2.40. The first kappa shape index (κ1) is 18.9. The molecule has 0 heterocycles. The topological polar surface area (TPSA) is 64.6 Å². The van der Waals surface area contributed by atoms with Crippen molar-refractivity contribution in [1.29, 1.82) is 0 Å². The quantitative estimate of drug-likeness (QED) is 0.737. The van der Waals surface area contributed by atoms with Gasteiger partial charge in [0.15, 0.2) is 13.2 Å². The number of hydrogen-bond donors (Lipinski definition) is 1. The van der Waals surface area contributed by atoms with Crippen molar-refractivity contribution in [3.63, 3.8) is 0 Å². The number of nitrogens with one attached hydrogen (secondary N) is 1. The number of amides is 1. The maximum Gasteiger partial charge on any atom is 0.344 e. The predicted octanol–water partition coefficient (Wildman–Crippen LogP) is 3.77. The van der Waals surface area contributed by atoms with Crippen LogP contribution in [-0.2, 0) is 14.3 Å². The summed E-state index contributed by atoms with van der Waals surface area (Å²) in [5.74, 6) is -1.34. The van der Waals surface area contributed by atoms with E-state index in [1.807, 2.05) is 26.0 Å². The average Bonchev–Trinajstić information content (AvgIpc) is 2.55. The summed E-state index contributed by atoms with van der Waals surface area (Å²) in [6.45, 7) is 2.99. The van der Waals surface area contributed by atoms with Gasteiger partial charge in [0.05, 0.1) is 5.69 Å². The van der Waals surface area contributed by atoms with Gasteiger partial charge in [0.1, 0.15) is 11.6 Å². The molecule has 0 atom stereocenters. The minimum absolute atomic E-state index is 0.00998. The third-order valence-electron chi connectivity index (χ3n) is 3.25. The van der Waals surface area contributed by atoms with Gasteiger partial charge in [-0.05, 0) is 43.7 Å². The Morgan fingerprint density at radius 2 is 1.88 bits per heavy atom. The molecule has 2 aromatic carbocycles. The van der Waals surface area contributed by atoms with E-state index in [1.165, 1.54) is 12.1 Å². The highest BCUT2D eigenvalue weighted by atomic mass is 79.9. The van der Waals surface area contributed by atoms with E-state index in [2.05, 4.69) is 21.2 Å².